The van der Waals surface area contributed by atoms with E-state index in [4.69, 9.17) is 9.47 Å². The molecular formula is C21H29N3O4. The molecule has 0 bridgehead atoms. The van der Waals surface area contributed by atoms with E-state index in [1.165, 1.54) is 0 Å². The van der Waals surface area contributed by atoms with E-state index in [9.17, 15) is 9.59 Å². The number of fused-ring (bicyclic) bond motifs is 1. The number of aryl methyl sites for hydroxylation is 2. The molecule has 7 heteroatoms. The second kappa shape index (κ2) is 8.54. The second-order valence-electron chi connectivity index (χ2n) is 6.81. The molecule has 1 aliphatic heterocycles. The molecule has 0 unspecified atom stereocenters. The van der Waals surface area contributed by atoms with E-state index in [-0.39, 0.29) is 12.0 Å². The number of benzene rings is 1. The maximum absolute atomic E-state index is 13.3. The predicted molar refractivity (Wildman–Crippen MR) is 108 cm³/mol. The van der Waals surface area contributed by atoms with E-state index in [0.29, 0.717) is 45.9 Å². The number of hydrogen-bond acceptors (Lipinski definition) is 4. The monoisotopic (exact) mass is 387 g/mol. The highest BCUT2D eigenvalue weighted by molar-refractivity contribution is 6.02. The second-order valence-corrected chi connectivity index (χ2v) is 6.81. The number of nitrogens with zero attached hydrogens (tertiary/aromatic N) is 3. The summed E-state index contributed by atoms with van der Waals surface area (Å²) in [6.45, 7) is 11.5. The smallest absolute Gasteiger partial charge is 0.409 e. The zero-order chi connectivity index (χ0) is 20.3. The maximum Gasteiger partial charge on any atom is 0.409 e. The van der Waals surface area contributed by atoms with Crippen molar-refractivity contribution in [3.05, 3.63) is 29.5 Å². The topological polar surface area (TPSA) is 64.0 Å². The summed E-state index contributed by atoms with van der Waals surface area (Å²) in [5, 5.41) is 1.04. The molecule has 1 aromatic carbocycles. The fourth-order valence-electron chi connectivity index (χ4n) is 3.82. The van der Waals surface area contributed by atoms with Crippen LogP contribution >= 0.6 is 0 Å². The molecule has 7 nitrogen and oxygen atoms in total. The zero-order valence-electron chi connectivity index (χ0n) is 17.2. The SMILES string of the molecule is CCOC(=O)N1CCN(C(=O)c2c(C)c3cc(OCC)ccc3n2CC)CC1. The Kier molecular flexibility index (Phi) is 6.11. The van der Waals surface area contributed by atoms with Crippen LogP contribution in [0.25, 0.3) is 10.9 Å². The minimum Gasteiger partial charge on any atom is -0.494 e. The third-order valence-corrected chi connectivity index (χ3v) is 5.21. The van der Waals surface area contributed by atoms with Crippen molar-refractivity contribution < 1.29 is 19.1 Å². The molecule has 152 valence electrons. The number of piperazine rings is 1. The number of carbonyl (C=O) groups excluding carboxylic acids is 2. The van der Waals surface area contributed by atoms with Gasteiger partial charge in [-0.1, -0.05) is 0 Å². The molecule has 2 amide bonds. The lowest BCUT2D eigenvalue weighted by molar-refractivity contribution is 0.0562. The van der Waals surface area contributed by atoms with Crippen LogP contribution in [0.3, 0.4) is 0 Å². The van der Waals surface area contributed by atoms with Crippen molar-refractivity contribution in [3.8, 4) is 5.75 Å². The Labute approximate surface area is 165 Å². The van der Waals surface area contributed by atoms with Crippen LogP contribution in [0.4, 0.5) is 4.79 Å². The van der Waals surface area contributed by atoms with Crippen molar-refractivity contribution in [2.24, 2.45) is 0 Å². The lowest BCUT2D eigenvalue weighted by atomic mass is 10.1. The van der Waals surface area contributed by atoms with Gasteiger partial charge in [0.1, 0.15) is 11.4 Å². The Morgan fingerprint density at radius 2 is 1.68 bits per heavy atom. The first-order valence-electron chi connectivity index (χ1n) is 9.98. The van der Waals surface area contributed by atoms with Crippen LogP contribution in [0.2, 0.25) is 0 Å². The van der Waals surface area contributed by atoms with E-state index in [1.54, 1.807) is 11.8 Å². The van der Waals surface area contributed by atoms with Crippen LogP contribution < -0.4 is 4.74 Å². The maximum atomic E-state index is 13.3. The summed E-state index contributed by atoms with van der Waals surface area (Å²) in [5.41, 5.74) is 2.73. The average molecular weight is 387 g/mol. The quantitative estimate of drug-likeness (QED) is 0.790. The molecule has 0 saturated carbocycles. The Hall–Kier alpha value is -2.70. The van der Waals surface area contributed by atoms with Crippen LogP contribution in [0.1, 0.15) is 36.8 Å². The van der Waals surface area contributed by atoms with Gasteiger partial charge < -0.3 is 23.8 Å². The molecule has 0 aliphatic carbocycles. The zero-order valence-corrected chi connectivity index (χ0v) is 17.2. The highest BCUT2D eigenvalue weighted by Gasteiger charge is 2.29. The molecule has 2 heterocycles. The normalized spacial score (nSPS) is 14.4. The Morgan fingerprint density at radius 1 is 1.00 bits per heavy atom. The van der Waals surface area contributed by atoms with Crippen molar-refractivity contribution in [1.82, 2.24) is 14.4 Å². The number of aromatic nitrogens is 1. The summed E-state index contributed by atoms with van der Waals surface area (Å²) in [7, 11) is 0. The van der Waals surface area contributed by atoms with Gasteiger partial charge in [0, 0.05) is 43.6 Å². The first-order chi connectivity index (χ1) is 13.5. The summed E-state index contributed by atoms with van der Waals surface area (Å²) < 4.78 is 12.8. The molecule has 0 atom stereocenters. The third-order valence-electron chi connectivity index (χ3n) is 5.21. The van der Waals surface area contributed by atoms with Crippen molar-refractivity contribution in [2.75, 3.05) is 39.4 Å². The van der Waals surface area contributed by atoms with Gasteiger partial charge in [0.05, 0.1) is 13.2 Å². The number of hydrogen-bond donors (Lipinski definition) is 0. The van der Waals surface area contributed by atoms with Crippen molar-refractivity contribution in [1.29, 1.82) is 0 Å². The fraction of sp³-hybridized carbons (Fsp3) is 0.524. The van der Waals surface area contributed by atoms with Crippen molar-refractivity contribution >= 4 is 22.9 Å². The number of amides is 2. The van der Waals surface area contributed by atoms with Crippen LogP contribution in [0.5, 0.6) is 5.75 Å². The highest BCUT2D eigenvalue weighted by atomic mass is 16.6. The molecular weight excluding hydrogens is 358 g/mol. The summed E-state index contributed by atoms with van der Waals surface area (Å²) in [5.74, 6) is 0.824. The van der Waals surface area contributed by atoms with E-state index in [1.807, 2.05) is 43.9 Å². The largest absolute Gasteiger partial charge is 0.494 e. The number of carbonyl (C=O) groups is 2. The van der Waals surface area contributed by atoms with Crippen molar-refractivity contribution in [3.63, 3.8) is 0 Å². The standard InChI is InChI=1S/C21H29N3O4/c1-5-24-18-9-8-16(27-6-2)14-17(18)15(4)19(24)20(25)22-10-12-23(13-11-22)21(26)28-7-3/h8-9,14H,5-7,10-13H2,1-4H3. The molecule has 3 rings (SSSR count). The molecule has 0 spiro atoms. The molecule has 28 heavy (non-hydrogen) atoms. The summed E-state index contributed by atoms with van der Waals surface area (Å²) >= 11 is 0. The van der Waals surface area contributed by atoms with Crippen LogP contribution in [0.15, 0.2) is 18.2 Å². The van der Waals surface area contributed by atoms with E-state index in [0.717, 1.165) is 27.9 Å². The molecule has 0 N–H and O–H groups in total. The van der Waals surface area contributed by atoms with Gasteiger partial charge in [0.2, 0.25) is 0 Å². The van der Waals surface area contributed by atoms with Crippen molar-refractivity contribution in [2.45, 2.75) is 34.2 Å². The highest BCUT2D eigenvalue weighted by Crippen LogP contribution is 2.30. The van der Waals surface area contributed by atoms with Crippen LogP contribution in [-0.2, 0) is 11.3 Å². The molecule has 2 aromatic rings. The Balaban J connectivity index is 1.85. The van der Waals surface area contributed by atoms with Gasteiger partial charge in [-0.2, -0.15) is 0 Å². The summed E-state index contributed by atoms with van der Waals surface area (Å²) in [6, 6.07) is 5.98. The number of rotatable bonds is 5. The van der Waals surface area contributed by atoms with Gasteiger partial charge in [-0.15, -0.1) is 0 Å². The fourth-order valence-corrected chi connectivity index (χ4v) is 3.82. The lowest BCUT2D eigenvalue weighted by Crippen LogP contribution is -2.51. The van der Waals surface area contributed by atoms with Crippen LogP contribution in [0, 0.1) is 6.92 Å². The van der Waals surface area contributed by atoms with E-state index in [2.05, 4.69) is 4.57 Å². The summed E-state index contributed by atoms with van der Waals surface area (Å²) in [4.78, 5) is 28.7. The van der Waals surface area contributed by atoms with Gasteiger partial charge in [-0.3, -0.25) is 4.79 Å². The van der Waals surface area contributed by atoms with Gasteiger partial charge in [-0.25, -0.2) is 4.79 Å². The van der Waals surface area contributed by atoms with Gasteiger partial charge in [0.25, 0.3) is 5.91 Å². The molecule has 1 aromatic heterocycles. The Morgan fingerprint density at radius 3 is 2.29 bits per heavy atom. The number of ether oxygens (including phenoxy) is 2. The Bertz CT molecular complexity index is 866. The first-order valence-corrected chi connectivity index (χ1v) is 9.98. The minimum atomic E-state index is -0.308. The van der Waals surface area contributed by atoms with Crippen LogP contribution in [-0.4, -0.2) is 65.8 Å². The molecule has 1 fully saturated rings. The van der Waals surface area contributed by atoms with E-state index >= 15 is 0 Å². The minimum absolute atomic E-state index is 0.0111. The molecule has 1 aliphatic rings. The lowest BCUT2D eigenvalue weighted by Gasteiger charge is -2.34. The molecule has 0 radical (unpaired) electrons. The van der Waals surface area contributed by atoms with Gasteiger partial charge >= 0.3 is 6.09 Å². The van der Waals surface area contributed by atoms with Gasteiger partial charge in [0.15, 0.2) is 0 Å². The third kappa shape index (κ3) is 3.66. The predicted octanol–water partition coefficient (Wildman–Crippen LogP) is 3.28. The first kappa shape index (κ1) is 20.0. The summed E-state index contributed by atoms with van der Waals surface area (Å²) in [6.07, 6.45) is -0.308. The average Bonchev–Trinajstić information content (AvgIpc) is 2.99. The van der Waals surface area contributed by atoms with Gasteiger partial charge in [-0.05, 0) is 51.5 Å². The van der Waals surface area contributed by atoms with E-state index < -0.39 is 0 Å². The molecule has 1 saturated heterocycles.